The second kappa shape index (κ2) is 5.13. The summed E-state index contributed by atoms with van der Waals surface area (Å²) in [5.74, 6) is -0.842. The fourth-order valence-corrected chi connectivity index (χ4v) is 1.28. The van der Waals surface area contributed by atoms with Gasteiger partial charge in [0.25, 0.3) is 0 Å². The van der Waals surface area contributed by atoms with Crippen LogP contribution in [0.4, 0.5) is 0 Å². The molecular formula is C11H12N2O2. The molecule has 4 heteroatoms. The fourth-order valence-electron chi connectivity index (χ4n) is 1.28. The Morgan fingerprint density at radius 2 is 2.07 bits per heavy atom. The smallest absolute Gasteiger partial charge is 0.317 e. The molecule has 0 atom stereocenters. The van der Waals surface area contributed by atoms with Gasteiger partial charge in [-0.2, -0.15) is 5.26 Å². The number of carbonyl (C=O) groups is 1. The summed E-state index contributed by atoms with van der Waals surface area (Å²) in [6.07, 6.45) is 0. The van der Waals surface area contributed by atoms with E-state index in [0.717, 1.165) is 5.56 Å². The quantitative estimate of drug-likeness (QED) is 0.796. The van der Waals surface area contributed by atoms with E-state index in [2.05, 4.69) is 0 Å². The van der Waals surface area contributed by atoms with E-state index < -0.39 is 5.97 Å². The molecule has 0 bridgehead atoms. The lowest BCUT2D eigenvalue weighted by atomic mass is 10.1. The molecule has 0 aliphatic heterocycles. The molecule has 1 aromatic rings. The Balaban J connectivity index is 2.58. The zero-order valence-corrected chi connectivity index (χ0v) is 8.47. The fraction of sp³-hybridized carbons (Fsp3) is 0.273. The van der Waals surface area contributed by atoms with Crippen LogP contribution < -0.4 is 0 Å². The molecule has 1 rings (SSSR count). The van der Waals surface area contributed by atoms with Crippen molar-refractivity contribution in [2.24, 2.45) is 0 Å². The van der Waals surface area contributed by atoms with Gasteiger partial charge in [-0.05, 0) is 24.7 Å². The third kappa shape index (κ3) is 3.79. The van der Waals surface area contributed by atoms with E-state index >= 15 is 0 Å². The van der Waals surface area contributed by atoms with Crippen LogP contribution in [0, 0.1) is 11.3 Å². The molecule has 0 saturated carbocycles. The van der Waals surface area contributed by atoms with Gasteiger partial charge in [-0.25, -0.2) is 0 Å². The highest BCUT2D eigenvalue weighted by atomic mass is 16.4. The van der Waals surface area contributed by atoms with Crippen molar-refractivity contribution in [3.63, 3.8) is 0 Å². The predicted octanol–water partition coefficient (Wildman–Crippen LogP) is 1.07. The summed E-state index contributed by atoms with van der Waals surface area (Å²) >= 11 is 0. The van der Waals surface area contributed by atoms with Gasteiger partial charge in [-0.3, -0.25) is 9.69 Å². The molecule has 1 aromatic carbocycles. The van der Waals surface area contributed by atoms with Gasteiger partial charge < -0.3 is 5.11 Å². The second-order valence-corrected chi connectivity index (χ2v) is 3.37. The number of carboxylic acids is 1. The maximum absolute atomic E-state index is 10.4. The first kappa shape index (κ1) is 11.2. The van der Waals surface area contributed by atoms with Crippen LogP contribution in [0.1, 0.15) is 11.1 Å². The summed E-state index contributed by atoms with van der Waals surface area (Å²) in [5.41, 5.74) is 1.61. The Hall–Kier alpha value is -1.86. The lowest BCUT2D eigenvalue weighted by Crippen LogP contribution is -2.25. The molecule has 0 aromatic heterocycles. The van der Waals surface area contributed by atoms with Crippen molar-refractivity contribution < 1.29 is 9.90 Å². The molecule has 1 N–H and O–H groups in total. The van der Waals surface area contributed by atoms with Crippen molar-refractivity contribution in [1.29, 1.82) is 5.26 Å². The Bertz CT molecular complexity index is 379. The van der Waals surface area contributed by atoms with E-state index in [1.807, 2.05) is 18.2 Å². The molecular weight excluding hydrogens is 192 g/mol. The van der Waals surface area contributed by atoms with E-state index in [9.17, 15) is 4.79 Å². The molecule has 0 unspecified atom stereocenters. The highest BCUT2D eigenvalue weighted by Gasteiger charge is 2.04. The molecule has 0 aliphatic rings. The number of benzene rings is 1. The number of hydrogen-bond acceptors (Lipinski definition) is 3. The Kier molecular flexibility index (Phi) is 3.83. The van der Waals surface area contributed by atoms with Gasteiger partial charge in [-0.1, -0.05) is 12.1 Å². The summed E-state index contributed by atoms with van der Waals surface area (Å²) in [5, 5.41) is 17.2. The third-order valence-electron chi connectivity index (χ3n) is 1.94. The van der Waals surface area contributed by atoms with Gasteiger partial charge in [0.1, 0.15) is 0 Å². The average molecular weight is 204 g/mol. The SMILES string of the molecule is CN(CC(=O)O)Cc1ccc(C#N)cc1. The van der Waals surface area contributed by atoms with E-state index in [0.29, 0.717) is 12.1 Å². The van der Waals surface area contributed by atoms with Crippen LogP contribution in [0.15, 0.2) is 24.3 Å². The van der Waals surface area contributed by atoms with E-state index in [4.69, 9.17) is 10.4 Å². The van der Waals surface area contributed by atoms with Gasteiger partial charge in [0, 0.05) is 6.54 Å². The summed E-state index contributed by atoms with van der Waals surface area (Å²) < 4.78 is 0. The molecule has 4 nitrogen and oxygen atoms in total. The average Bonchev–Trinajstić information content (AvgIpc) is 2.17. The molecule has 0 radical (unpaired) electrons. The van der Waals surface area contributed by atoms with Crippen LogP contribution >= 0.6 is 0 Å². The van der Waals surface area contributed by atoms with Crippen LogP contribution in [-0.2, 0) is 11.3 Å². The Labute approximate surface area is 88.4 Å². The molecule has 0 heterocycles. The van der Waals surface area contributed by atoms with E-state index in [1.54, 1.807) is 24.1 Å². The number of aliphatic carboxylic acids is 1. The Morgan fingerprint density at radius 1 is 1.47 bits per heavy atom. The van der Waals surface area contributed by atoms with Gasteiger partial charge in [0.2, 0.25) is 0 Å². The van der Waals surface area contributed by atoms with Crippen LogP contribution in [0.2, 0.25) is 0 Å². The highest BCUT2D eigenvalue weighted by molar-refractivity contribution is 5.69. The van der Waals surface area contributed by atoms with Crippen LogP contribution in [-0.4, -0.2) is 29.6 Å². The second-order valence-electron chi connectivity index (χ2n) is 3.37. The molecule has 0 fully saturated rings. The van der Waals surface area contributed by atoms with Crippen molar-refractivity contribution in [3.8, 4) is 6.07 Å². The topological polar surface area (TPSA) is 64.3 Å². The molecule has 0 saturated heterocycles. The Morgan fingerprint density at radius 3 is 2.53 bits per heavy atom. The lowest BCUT2D eigenvalue weighted by Gasteiger charge is -2.13. The largest absolute Gasteiger partial charge is 0.480 e. The minimum absolute atomic E-state index is 0.0139. The van der Waals surface area contributed by atoms with Gasteiger partial charge >= 0.3 is 5.97 Å². The first-order valence-electron chi connectivity index (χ1n) is 4.51. The minimum Gasteiger partial charge on any atom is -0.480 e. The van der Waals surface area contributed by atoms with E-state index in [1.165, 1.54) is 0 Å². The number of nitriles is 1. The number of likely N-dealkylation sites (N-methyl/N-ethyl adjacent to an activating group) is 1. The highest BCUT2D eigenvalue weighted by Crippen LogP contribution is 2.05. The lowest BCUT2D eigenvalue weighted by molar-refractivity contribution is -0.138. The van der Waals surface area contributed by atoms with Crippen molar-refractivity contribution >= 4 is 5.97 Å². The first-order chi connectivity index (χ1) is 7.11. The van der Waals surface area contributed by atoms with Crippen LogP contribution in [0.5, 0.6) is 0 Å². The van der Waals surface area contributed by atoms with E-state index in [-0.39, 0.29) is 6.54 Å². The zero-order valence-electron chi connectivity index (χ0n) is 8.47. The molecule has 0 spiro atoms. The van der Waals surface area contributed by atoms with Gasteiger partial charge in [-0.15, -0.1) is 0 Å². The zero-order chi connectivity index (χ0) is 11.3. The maximum atomic E-state index is 10.4. The molecule has 0 amide bonds. The molecule has 78 valence electrons. The molecule has 15 heavy (non-hydrogen) atoms. The number of hydrogen-bond donors (Lipinski definition) is 1. The first-order valence-corrected chi connectivity index (χ1v) is 4.51. The van der Waals surface area contributed by atoms with Gasteiger partial charge in [0.05, 0.1) is 18.2 Å². The summed E-state index contributed by atoms with van der Waals surface area (Å²) in [6.45, 7) is 0.581. The van der Waals surface area contributed by atoms with Crippen LogP contribution in [0.25, 0.3) is 0 Å². The monoisotopic (exact) mass is 204 g/mol. The predicted molar refractivity (Wildman–Crippen MR) is 55.1 cm³/mol. The summed E-state index contributed by atoms with van der Waals surface area (Å²) in [6, 6.07) is 9.14. The minimum atomic E-state index is -0.842. The summed E-state index contributed by atoms with van der Waals surface area (Å²) in [7, 11) is 1.74. The third-order valence-corrected chi connectivity index (χ3v) is 1.94. The number of nitrogens with zero attached hydrogens (tertiary/aromatic N) is 2. The van der Waals surface area contributed by atoms with Crippen molar-refractivity contribution in [2.45, 2.75) is 6.54 Å². The normalized spacial score (nSPS) is 9.93. The number of carboxylic acid groups (broad SMARTS) is 1. The standard InChI is InChI=1S/C11H12N2O2/c1-13(8-11(14)15)7-10-4-2-9(6-12)3-5-10/h2-5H,7-8H2,1H3,(H,14,15). The maximum Gasteiger partial charge on any atom is 0.317 e. The summed E-state index contributed by atoms with van der Waals surface area (Å²) in [4.78, 5) is 12.1. The van der Waals surface area contributed by atoms with Crippen molar-refractivity contribution in [1.82, 2.24) is 4.90 Å². The van der Waals surface area contributed by atoms with Crippen molar-refractivity contribution in [3.05, 3.63) is 35.4 Å². The molecule has 0 aliphatic carbocycles. The van der Waals surface area contributed by atoms with Gasteiger partial charge in [0.15, 0.2) is 0 Å². The van der Waals surface area contributed by atoms with Crippen molar-refractivity contribution in [2.75, 3.05) is 13.6 Å². The number of rotatable bonds is 4. The van der Waals surface area contributed by atoms with Crippen LogP contribution in [0.3, 0.4) is 0 Å².